The van der Waals surface area contributed by atoms with Crippen LogP contribution in [-0.4, -0.2) is 34.5 Å². The van der Waals surface area contributed by atoms with Crippen molar-refractivity contribution < 1.29 is 19.7 Å². The summed E-state index contributed by atoms with van der Waals surface area (Å²) in [6.07, 6.45) is 2.72. The summed E-state index contributed by atoms with van der Waals surface area (Å²) >= 11 is 0. The summed E-state index contributed by atoms with van der Waals surface area (Å²) in [4.78, 5) is 11.6. The summed E-state index contributed by atoms with van der Waals surface area (Å²) in [6, 6.07) is 0. The van der Waals surface area contributed by atoms with Crippen LogP contribution < -0.4 is 0 Å². The Morgan fingerprint density at radius 2 is 2.12 bits per heavy atom. The van der Waals surface area contributed by atoms with Crippen LogP contribution in [0.3, 0.4) is 0 Å². The summed E-state index contributed by atoms with van der Waals surface area (Å²) in [7, 11) is 0. The largest absolute Gasteiger partial charge is 0.481 e. The van der Waals surface area contributed by atoms with Crippen molar-refractivity contribution in [2.24, 2.45) is 11.3 Å². The topological polar surface area (TPSA) is 66.8 Å². The zero-order valence-corrected chi connectivity index (χ0v) is 9.90. The molecule has 2 fully saturated rings. The van der Waals surface area contributed by atoms with Crippen LogP contribution in [-0.2, 0) is 9.53 Å². The van der Waals surface area contributed by atoms with E-state index in [9.17, 15) is 15.0 Å². The maximum atomic E-state index is 11.6. The number of hydrogen-bond acceptors (Lipinski definition) is 3. The third kappa shape index (κ3) is 2.09. The second-order valence-corrected chi connectivity index (χ2v) is 5.83. The van der Waals surface area contributed by atoms with Crippen LogP contribution in [0.5, 0.6) is 0 Å². The molecule has 1 aliphatic carbocycles. The van der Waals surface area contributed by atoms with Crippen molar-refractivity contribution in [3.63, 3.8) is 0 Å². The molecule has 2 unspecified atom stereocenters. The Labute approximate surface area is 95.6 Å². The lowest BCUT2D eigenvalue weighted by Crippen LogP contribution is -2.45. The molecular formula is C12H20O4. The Hall–Kier alpha value is -0.610. The van der Waals surface area contributed by atoms with Gasteiger partial charge in [-0.05, 0) is 45.4 Å². The molecule has 1 saturated heterocycles. The second-order valence-electron chi connectivity index (χ2n) is 5.83. The number of aliphatic hydroxyl groups is 1. The van der Waals surface area contributed by atoms with Crippen molar-refractivity contribution in [3.05, 3.63) is 0 Å². The molecule has 1 aliphatic heterocycles. The van der Waals surface area contributed by atoms with E-state index in [4.69, 9.17) is 4.74 Å². The van der Waals surface area contributed by atoms with Gasteiger partial charge < -0.3 is 14.9 Å². The molecule has 0 bridgehead atoms. The number of hydrogen-bond donors (Lipinski definition) is 2. The lowest BCUT2D eigenvalue weighted by Gasteiger charge is -2.34. The molecule has 2 rings (SSSR count). The van der Waals surface area contributed by atoms with Gasteiger partial charge in [-0.2, -0.15) is 0 Å². The molecule has 0 aromatic carbocycles. The van der Waals surface area contributed by atoms with Crippen molar-refractivity contribution in [2.45, 2.75) is 51.2 Å². The molecular weight excluding hydrogens is 208 g/mol. The minimum absolute atomic E-state index is 0.198. The minimum Gasteiger partial charge on any atom is -0.481 e. The summed E-state index contributed by atoms with van der Waals surface area (Å²) in [5.74, 6) is -0.426. The van der Waals surface area contributed by atoms with E-state index in [2.05, 4.69) is 0 Å². The van der Waals surface area contributed by atoms with Crippen LogP contribution in [0.2, 0.25) is 0 Å². The van der Waals surface area contributed by atoms with Gasteiger partial charge in [-0.15, -0.1) is 0 Å². The van der Waals surface area contributed by atoms with Gasteiger partial charge >= 0.3 is 5.97 Å². The monoisotopic (exact) mass is 228 g/mol. The van der Waals surface area contributed by atoms with Crippen LogP contribution in [0.1, 0.15) is 39.5 Å². The van der Waals surface area contributed by atoms with E-state index < -0.39 is 17.0 Å². The Morgan fingerprint density at radius 3 is 2.56 bits per heavy atom. The van der Waals surface area contributed by atoms with Crippen LogP contribution >= 0.6 is 0 Å². The smallest absolute Gasteiger partial charge is 0.312 e. The fourth-order valence-corrected chi connectivity index (χ4v) is 2.92. The van der Waals surface area contributed by atoms with Crippen LogP contribution in [0.25, 0.3) is 0 Å². The fraction of sp³-hybridized carbons (Fsp3) is 0.917. The Morgan fingerprint density at radius 1 is 1.50 bits per heavy atom. The summed E-state index contributed by atoms with van der Waals surface area (Å²) < 4.78 is 5.61. The highest BCUT2D eigenvalue weighted by Gasteiger charge is 2.57. The zero-order valence-electron chi connectivity index (χ0n) is 9.90. The molecule has 4 heteroatoms. The highest BCUT2D eigenvalue weighted by atomic mass is 16.5. The first-order valence-corrected chi connectivity index (χ1v) is 5.92. The van der Waals surface area contributed by atoms with E-state index >= 15 is 0 Å². The molecule has 4 nitrogen and oxygen atoms in total. The van der Waals surface area contributed by atoms with Gasteiger partial charge in [0.1, 0.15) is 0 Å². The molecule has 16 heavy (non-hydrogen) atoms. The van der Waals surface area contributed by atoms with Gasteiger partial charge in [0, 0.05) is 6.61 Å². The highest BCUT2D eigenvalue weighted by Crippen LogP contribution is 2.51. The summed E-state index contributed by atoms with van der Waals surface area (Å²) in [5.41, 5.74) is -1.83. The predicted octanol–water partition coefficient (Wildman–Crippen LogP) is 1.42. The average Bonchev–Trinajstić information content (AvgIpc) is 2.86. The molecule has 92 valence electrons. The Balaban J connectivity index is 2.23. The lowest BCUT2D eigenvalue weighted by atomic mass is 9.72. The van der Waals surface area contributed by atoms with E-state index in [1.165, 1.54) is 0 Å². The van der Waals surface area contributed by atoms with Crippen molar-refractivity contribution in [2.75, 3.05) is 6.61 Å². The van der Waals surface area contributed by atoms with Crippen molar-refractivity contribution >= 4 is 5.97 Å². The number of carbonyl (C=O) groups is 1. The molecule has 0 radical (unpaired) electrons. The maximum absolute atomic E-state index is 11.6. The highest BCUT2D eigenvalue weighted by molar-refractivity contribution is 5.76. The third-order valence-electron chi connectivity index (χ3n) is 3.61. The van der Waals surface area contributed by atoms with Gasteiger partial charge in [-0.3, -0.25) is 4.79 Å². The average molecular weight is 228 g/mol. The van der Waals surface area contributed by atoms with Gasteiger partial charge in [0.05, 0.1) is 17.1 Å². The number of rotatable bonds is 4. The molecule has 0 aromatic heterocycles. The standard InChI is InChI=1S/C12H20O4/c1-11(2,15)7-12(10(13)14)5-6-16-9(12)8-3-4-8/h8-9,15H,3-7H2,1-2H3,(H,13,14). The van der Waals surface area contributed by atoms with Gasteiger partial charge in [-0.25, -0.2) is 0 Å². The van der Waals surface area contributed by atoms with Crippen LogP contribution in [0.4, 0.5) is 0 Å². The van der Waals surface area contributed by atoms with E-state index in [0.29, 0.717) is 18.9 Å². The molecule has 0 aromatic rings. The van der Waals surface area contributed by atoms with E-state index in [1.807, 2.05) is 0 Å². The van der Waals surface area contributed by atoms with Crippen molar-refractivity contribution in [1.82, 2.24) is 0 Å². The molecule has 1 heterocycles. The minimum atomic E-state index is -0.959. The third-order valence-corrected chi connectivity index (χ3v) is 3.61. The molecule has 0 spiro atoms. The second kappa shape index (κ2) is 3.70. The molecule has 2 aliphatic rings. The van der Waals surface area contributed by atoms with Gasteiger partial charge in [0.15, 0.2) is 0 Å². The van der Waals surface area contributed by atoms with Gasteiger partial charge in [0.25, 0.3) is 0 Å². The number of ether oxygens (including phenoxy) is 1. The van der Waals surface area contributed by atoms with Crippen LogP contribution in [0.15, 0.2) is 0 Å². The van der Waals surface area contributed by atoms with E-state index in [-0.39, 0.29) is 12.5 Å². The van der Waals surface area contributed by atoms with Crippen molar-refractivity contribution in [3.8, 4) is 0 Å². The fourth-order valence-electron chi connectivity index (χ4n) is 2.92. The zero-order chi connectivity index (χ0) is 12.0. The van der Waals surface area contributed by atoms with Crippen molar-refractivity contribution in [1.29, 1.82) is 0 Å². The summed E-state index contributed by atoms with van der Waals surface area (Å²) in [6.45, 7) is 3.84. The van der Waals surface area contributed by atoms with E-state index in [0.717, 1.165) is 12.8 Å². The SMILES string of the molecule is CC(C)(O)CC1(C(=O)O)CCOC1C1CC1. The lowest BCUT2D eigenvalue weighted by molar-refractivity contribution is -0.158. The first-order chi connectivity index (χ1) is 7.35. The quantitative estimate of drug-likeness (QED) is 0.763. The first kappa shape index (κ1) is 11.9. The van der Waals surface area contributed by atoms with Gasteiger partial charge in [0.2, 0.25) is 0 Å². The number of aliphatic carboxylic acids is 1. The number of carboxylic acids is 1. The normalized spacial score (nSPS) is 35.3. The first-order valence-electron chi connectivity index (χ1n) is 5.92. The molecule has 1 saturated carbocycles. The number of carboxylic acid groups (broad SMARTS) is 1. The van der Waals surface area contributed by atoms with Gasteiger partial charge in [-0.1, -0.05) is 0 Å². The molecule has 0 amide bonds. The Bertz CT molecular complexity index is 290. The molecule has 2 N–H and O–H groups in total. The predicted molar refractivity (Wildman–Crippen MR) is 58.1 cm³/mol. The van der Waals surface area contributed by atoms with Crippen LogP contribution in [0, 0.1) is 11.3 Å². The maximum Gasteiger partial charge on any atom is 0.312 e. The Kier molecular flexibility index (Phi) is 2.75. The molecule has 2 atom stereocenters. The van der Waals surface area contributed by atoms with E-state index in [1.54, 1.807) is 13.8 Å². The summed E-state index contributed by atoms with van der Waals surface area (Å²) in [5, 5.41) is 19.4.